The third kappa shape index (κ3) is 9.32. The molecule has 6 heteroatoms. The molecule has 0 saturated heterocycles. The monoisotopic (exact) mass is 274 g/mol. The van der Waals surface area contributed by atoms with Crippen molar-refractivity contribution >= 4 is 23.1 Å². The molecule has 5 nitrogen and oxygen atoms in total. The molecule has 0 fully saturated rings. The zero-order valence-electron chi connectivity index (χ0n) is 12.0. The van der Waals surface area contributed by atoms with Gasteiger partial charge in [-0.15, -0.1) is 0 Å². The highest BCUT2D eigenvalue weighted by Crippen LogP contribution is 1.96. The van der Waals surface area contributed by atoms with E-state index < -0.39 is 0 Å². The lowest BCUT2D eigenvalue weighted by Gasteiger charge is -2.21. The van der Waals surface area contributed by atoms with E-state index >= 15 is 0 Å². The Hall–Kier alpha value is -0.720. The first-order valence-electron chi connectivity index (χ1n) is 6.18. The zero-order valence-corrected chi connectivity index (χ0v) is 12.8. The van der Waals surface area contributed by atoms with Gasteiger partial charge in [0.25, 0.3) is 0 Å². The minimum atomic E-state index is 0.142. The number of hydrogen-bond acceptors (Lipinski definition) is 4. The topological polar surface area (TPSA) is 52.8 Å². The van der Waals surface area contributed by atoms with Crippen molar-refractivity contribution in [3.05, 3.63) is 0 Å². The second-order valence-electron chi connectivity index (χ2n) is 4.89. The first-order valence-corrected chi connectivity index (χ1v) is 6.59. The van der Waals surface area contributed by atoms with Gasteiger partial charge in [-0.1, -0.05) is 12.2 Å². The van der Waals surface area contributed by atoms with Crippen molar-refractivity contribution in [3.63, 3.8) is 0 Å². The third-order valence-corrected chi connectivity index (χ3v) is 2.96. The minimum Gasteiger partial charge on any atom is -0.393 e. The largest absolute Gasteiger partial charge is 0.393 e. The Morgan fingerprint density at radius 1 is 1.00 bits per heavy atom. The summed E-state index contributed by atoms with van der Waals surface area (Å²) in [4.78, 5) is 18.3. The van der Waals surface area contributed by atoms with Crippen molar-refractivity contribution in [1.29, 1.82) is 0 Å². The highest BCUT2D eigenvalue weighted by Gasteiger charge is 2.10. The smallest absolute Gasteiger partial charge is 0.223 e. The van der Waals surface area contributed by atoms with Crippen LogP contribution in [0.1, 0.15) is 12.8 Å². The van der Waals surface area contributed by atoms with Gasteiger partial charge in [0.1, 0.15) is 0 Å². The van der Waals surface area contributed by atoms with Crippen LogP contribution in [0.25, 0.3) is 0 Å². The van der Waals surface area contributed by atoms with Gasteiger partial charge in [-0.25, -0.2) is 0 Å². The summed E-state index contributed by atoms with van der Waals surface area (Å²) in [5, 5.41) is 0. The van der Waals surface area contributed by atoms with Crippen LogP contribution in [0.15, 0.2) is 0 Å². The van der Waals surface area contributed by atoms with E-state index in [2.05, 4.69) is 9.80 Å². The van der Waals surface area contributed by atoms with E-state index in [1.54, 1.807) is 11.9 Å². The average Bonchev–Trinajstić information content (AvgIpc) is 2.30. The van der Waals surface area contributed by atoms with Crippen LogP contribution in [-0.2, 0) is 4.79 Å². The molecular formula is C12H26N4OS. The normalized spacial score (nSPS) is 11.0. The Labute approximate surface area is 116 Å². The highest BCUT2D eigenvalue weighted by atomic mass is 32.1. The third-order valence-electron chi connectivity index (χ3n) is 2.76. The molecule has 0 aromatic rings. The van der Waals surface area contributed by atoms with Crippen molar-refractivity contribution < 1.29 is 4.79 Å². The molecule has 0 rings (SSSR count). The van der Waals surface area contributed by atoms with Crippen molar-refractivity contribution in [3.8, 4) is 0 Å². The molecular weight excluding hydrogens is 248 g/mol. The van der Waals surface area contributed by atoms with Crippen LogP contribution in [0, 0.1) is 0 Å². The van der Waals surface area contributed by atoms with E-state index in [4.69, 9.17) is 18.0 Å². The predicted molar refractivity (Wildman–Crippen MR) is 79.7 cm³/mol. The number of likely N-dealkylation sites (N-methyl/N-ethyl adjacent to an activating group) is 2. The number of nitrogens with zero attached hydrogens (tertiary/aromatic N) is 3. The Bertz CT molecular complexity index is 271. The van der Waals surface area contributed by atoms with Gasteiger partial charge in [-0.3, -0.25) is 4.79 Å². The molecule has 106 valence electrons. The average molecular weight is 274 g/mol. The molecule has 0 spiro atoms. The maximum Gasteiger partial charge on any atom is 0.223 e. The Morgan fingerprint density at radius 2 is 1.61 bits per heavy atom. The number of amides is 1. The van der Waals surface area contributed by atoms with E-state index in [1.807, 2.05) is 21.1 Å². The molecule has 1 amide bonds. The molecule has 0 aromatic heterocycles. The van der Waals surface area contributed by atoms with Crippen LogP contribution in [-0.4, -0.2) is 80.0 Å². The van der Waals surface area contributed by atoms with Crippen molar-refractivity contribution in [2.24, 2.45) is 5.73 Å². The summed E-state index contributed by atoms with van der Waals surface area (Å²) in [5.41, 5.74) is 5.41. The molecule has 0 heterocycles. The van der Waals surface area contributed by atoms with Gasteiger partial charge in [0.05, 0.1) is 4.99 Å². The van der Waals surface area contributed by atoms with Crippen LogP contribution in [0.3, 0.4) is 0 Å². The zero-order chi connectivity index (χ0) is 14.1. The molecule has 0 aromatic carbocycles. The lowest BCUT2D eigenvalue weighted by Crippen LogP contribution is -2.34. The Morgan fingerprint density at radius 3 is 2.11 bits per heavy atom. The molecule has 0 aliphatic carbocycles. The molecule has 0 saturated carbocycles. The Kier molecular flexibility index (Phi) is 8.87. The fraction of sp³-hybridized carbons (Fsp3) is 0.833. The van der Waals surface area contributed by atoms with Crippen LogP contribution in [0.5, 0.6) is 0 Å². The number of thiocarbonyl (C=S) groups is 1. The molecule has 18 heavy (non-hydrogen) atoms. The Balaban J connectivity index is 3.77. The summed E-state index contributed by atoms with van der Waals surface area (Å²) in [6.45, 7) is 3.36. The second kappa shape index (κ2) is 9.24. The van der Waals surface area contributed by atoms with Crippen molar-refractivity contribution in [1.82, 2.24) is 14.7 Å². The fourth-order valence-corrected chi connectivity index (χ4v) is 1.45. The first kappa shape index (κ1) is 17.3. The van der Waals surface area contributed by atoms with Crippen LogP contribution in [0.4, 0.5) is 0 Å². The van der Waals surface area contributed by atoms with Gasteiger partial charge in [-0.2, -0.15) is 0 Å². The van der Waals surface area contributed by atoms with Gasteiger partial charge in [0.2, 0.25) is 5.91 Å². The van der Waals surface area contributed by atoms with Gasteiger partial charge >= 0.3 is 0 Å². The van der Waals surface area contributed by atoms with Gasteiger partial charge < -0.3 is 20.4 Å². The standard InChI is InChI=1S/C12H26N4OS/c1-14(2)9-10-15(3)7-6-12(17)16(4)8-5-11(13)18/h5-10H2,1-4H3,(H2,13,18). The van der Waals surface area contributed by atoms with Crippen molar-refractivity contribution in [2.45, 2.75) is 12.8 Å². The lowest BCUT2D eigenvalue weighted by atomic mass is 10.3. The molecule has 0 aliphatic rings. The molecule has 0 atom stereocenters. The summed E-state index contributed by atoms with van der Waals surface area (Å²) in [7, 11) is 7.91. The van der Waals surface area contributed by atoms with Crippen LogP contribution < -0.4 is 5.73 Å². The molecule has 0 bridgehead atoms. The number of carbonyl (C=O) groups is 1. The van der Waals surface area contributed by atoms with Gasteiger partial charge in [-0.05, 0) is 21.1 Å². The number of rotatable bonds is 9. The summed E-state index contributed by atoms with van der Waals surface area (Å²) >= 11 is 4.79. The second-order valence-corrected chi connectivity index (χ2v) is 5.41. The maximum absolute atomic E-state index is 11.8. The van der Waals surface area contributed by atoms with Gasteiger partial charge in [0, 0.05) is 46.1 Å². The summed E-state index contributed by atoms with van der Waals surface area (Å²) < 4.78 is 0. The molecule has 0 aliphatic heterocycles. The quantitative estimate of drug-likeness (QED) is 0.600. The molecule has 0 unspecified atom stereocenters. The van der Waals surface area contributed by atoms with Gasteiger partial charge in [0.15, 0.2) is 0 Å². The molecule has 0 radical (unpaired) electrons. The minimum absolute atomic E-state index is 0.142. The fourth-order valence-electron chi connectivity index (χ4n) is 1.36. The number of hydrogen-bond donors (Lipinski definition) is 1. The summed E-state index contributed by atoms with van der Waals surface area (Å²) in [5.74, 6) is 0.142. The summed E-state index contributed by atoms with van der Waals surface area (Å²) in [6, 6.07) is 0. The summed E-state index contributed by atoms with van der Waals surface area (Å²) in [6.07, 6.45) is 1.13. The molecule has 2 N–H and O–H groups in total. The lowest BCUT2D eigenvalue weighted by molar-refractivity contribution is -0.130. The van der Waals surface area contributed by atoms with E-state index in [-0.39, 0.29) is 5.91 Å². The van der Waals surface area contributed by atoms with Crippen molar-refractivity contribution in [2.75, 3.05) is 54.4 Å². The number of nitrogens with two attached hydrogens (primary N) is 1. The van der Waals surface area contributed by atoms with E-state index in [9.17, 15) is 4.79 Å². The predicted octanol–water partition coefficient (Wildman–Crippen LogP) is 0.00450. The SMILES string of the molecule is CN(C)CCN(C)CCC(=O)N(C)CCC(N)=S. The van der Waals surface area contributed by atoms with E-state index in [1.165, 1.54) is 0 Å². The maximum atomic E-state index is 11.8. The first-order chi connectivity index (χ1) is 8.32. The van der Waals surface area contributed by atoms with Crippen LogP contribution >= 0.6 is 12.2 Å². The van der Waals surface area contributed by atoms with E-state index in [0.29, 0.717) is 24.4 Å². The van der Waals surface area contributed by atoms with Crippen LogP contribution in [0.2, 0.25) is 0 Å². The van der Waals surface area contributed by atoms with E-state index in [0.717, 1.165) is 19.6 Å². The number of carbonyl (C=O) groups excluding carboxylic acids is 1. The highest BCUT2D eigenvalue weighted by molar-refractivity contribution is 7.80.